The number of furan rings is 1. The van der Waals surface area contributed by atoms with Crippen LogP contribution < -0.4 is 14.9 Å². The van der Waals surface area contributed by atoms with Crippen molar-refractivity contribution in [1.29, 1.82) is 0 Å². The molecule has 0 spiro atoms. The number of carbonyl (C=O) groups is 1. The quantitative estimate of drug-likeness (QED) is 0.185. The van der Waals surface area contributed by atoms with Crippen LogP contribution in [0.25, 0.3) is 17.4 Å². The zero-order valence-corrected chi connectivity index (χ0v) is 22.7. The van der Waals surface area contributed by atoms with Crippen molar-refractivity contribution in [2.24, 2.45) is 4.99 Å². The van der Waals surface area contributed by atoms with Gasteiger partial charge in [-0.2, -0.15) is 0 Å². The molecule has 0 amide bonds. The van der Waals surface area contributed by atoms with E-state index < -0.39 is 16.9 Å². The molecule has 3 heterocycles. The molecule has 0 saturated heterocycles. The first-order valence-electron chi connectivity index (χ1n) is 12.0. The predicted octanol–water partition coefficient (Wildman–Crippen LogP) is 5.01. The SMILES string of the molecule is CC1=C(C(=O)OC(C)C)C(c2ccc(Cl)cc2)n2c(s/c(=C\c3ccc(-c4cccc([N+](=O)[O-])c4)o3)c2=O)=N1. The third-order valence-corrected chi connectivity index (χ3v) is 7.25. The van der Waals surface area contributed by atoms with Crippen LogP contribution in [0.15, 0.2) is 86.1 Å². The fraction of sp³-hybridized carbons (Fsp3) is 0.179. The summed E-state index contributed by atoms with van der Waals surface area (Å²) in [6.45, 7) is 5.23. The van der Waals surface area contributed by atoms with Gasteiger partial charge in [-0.15, -0.1) is 0 Å². The number of hydrogen-bond donors (Lipinski definition) is 0. The maximum Gasteiger partial charge on any atom is 0.338 e. The molecule has 2 aromatic carbocycles. The molecule has 2 aromatic heterocycles. The predicted molar refractivity (Wildman–Crippen MR) is 147 cm³/mol. The second kappa shape index (κ2) is 10.5. The number of fused-ring (bicyclic) bond motifs is 1. The van der Waals surface area contributed by atoms with Gasteiger partial charge in [0, 0.05) is 28.8 Å². The van der Waals surface area contributed by atoms with E-state index in [-0.39, 0.29) is 22.9 Å². The Morgan fingerprint density at radius 3 is 2.64 bits per heavy atom. The number of ether oxygens (including phenoxy) is 1. The summed E-state index contributed by atoms with van der Waals surface area (Å²) >= 11 is 7.27. The number of esters is 1. The summed E-state index contributed by atoms with van der Waals surface area (Å²) in [5.41, 5.74) is 1.55. The molecule has 9 nitrogen and oxygen atoms in total. The lowest BCUT2D eigenvalue weighted by atomic mass is 9.96. The van der Waals surface area contributed by atoms with Gasteiger partial charge in [0.15, 0.2) is 4.80 Å². The van der Waals surface area contributed by atoms with Crippen molar-refractivity contribution in [3.8, 4) is 11.3 Å². The van der Waals surface area contributed by atoms with Crippen molar-refractivity contribution in [1.82, 2.24) is 4.57 Å². The molecule has 39 heavy (non-hydrogen) atoms. The zero-order valence-electron chi connectivity index (χ0n) is 21.1. The summed E-state index contributed by atoms with van der Waals surface area (Å²) in [6, 6.07) is 15.6. The first-order valence-corrected chi connectivity index (χ1v) is 13.2. The van der Waals surface area contributed by atoms with E-state index in [0.717, 1.165) is 0 Å². The Morgan fingerprint density at radius 2 is 1.95 bits per heavy atom. The molecule has 11 heteroatoms. The van der Waals surface area contributed by atoms with Crippen LogP contribution >= 0.6 is 22.9 Å². The zero-order chi connectivity index (χ0) is 27.8. The molecule has 0 fully saturated rings. The van der Waals surface area contributed by atoms with Crippen LogP contribution in [0.4, 0.5) is 5.69 Å². The van der Waals surface area contributed by atoms with Crippen molar-refractivity contribution < 1.29 is 18.9 Å². The van der Waals surface area contributed by atoms with Crippen molar-refractivity contribution >= 4 is 40.7 Å². The van der Waals surface area contributed by atoms with Crippen molar-refractivity contribution in [2.45, 2.75) is 32.9 Å². The molecular formula is C28H22ClN3O6S. The molecular weight excluding hydrogens is 542 g/mol. The number of nitro groups is 1. The van der Waals surface area contributed by atoms with E-state index in [0.29, 0.717) is 42.7 Å². The van der Waals surface area contributed by atoms with E-state index in [1.54, 1.807) is 75.4 Å². The van der Waals surface area contributed by atoms with Crippen LogP contribution in [0.5, 0.6) is 0 Å². The molecule has 1 atom stereocenters. The molecule has 0 N–H and O–H groups in total. The van der Waals surface area contributed by atoms with E-state index in [1.165, 1.54) is 28.0 Å². The number of benzene rings is 2. The van der Waals surface area contributed by atoms with Gasteiger partial charge < -0.3 is 9.15 Å². The van der Waals surface area contributed by atoms with Gasteiger partial charge >= 0.3 is 5.97 Å². The first kappa shape index (κ1) is 26.3. The molecule has 198 valence electrons. The lowest BCUT2D eigenvalue weighted by molar-refractivity contribution is -0.384. The Labute approximate surface area is 231 Å². The van der Waals surface area contributed by atoms with Gasteiger partial charge in [-0.1, -0.05) is 47.2 Å². The highest BCUT2D eigenvalue weighted by Gasteiger charge is 2.33. The lowest BCUT2D eigenvalue weighted by Crippen LogP contribution is -2.40. The van der Waals surface area contributed by atoms with Gasteiger partial charge in [-0.25, -0.2) is 9.79 Å². The molecule has 5 rings (SSSR count). The monoisotopic (exact) mass is 563 g/mol. The summed E-state index contributed by atoms with van der Waals surface area (Å²) in [4.78, 5) is 42.5. The second-order valence-electron chi connectivity index (χ2n) is 9.10. The molecule has 0 radical (unpaired) electrons. The topological polar surface area (TPSA) is 117 Å². The standard InChI is InChI=1S/C28H22ClN3O6S/c1-15(2)37-27(34)24-16(3)30-28-31(25(24)17-7-9-19(29)10-8-17)26(33)23(39-28)14-21-11-12-22(38-21)18-5-4-6-20(13-18)32(35)36/h4-15,25H,1-3H3/b23-14-. The number of nitro benzene ring substituents is 1. The van der Waals surface area contributed by atoms with Crippen LogP contribution in [-0.2, 0) is 9.53 Å². The fourth-order valence-electron chi connectivity index (χ4n) is 4.31. The van der Waals surface area contributed by atoms with Crippen LogP contribution in [0.3, 0.4) is 0 Å². The number of carbonyl (C=O) groups excluding carboxylic acids is 1. The van der Waals surface area contributed by atoms with Crippen LogP contribution in [-0.4, -0.2) is 21.6 Å². The largest absolute Gasteiger partial charge is 0.459 e. The third kappa shape index (κ3) is 5.21. The van der Waals surface area contributed by atoms with Gasteiger partial charge in [0.1, 0.15) is 11.5 Å². The number of nitrogens with zero attached hydrogens (tertiary/aromatic N) is 3. The molecule has 1 aliphatic rings. The maximum absolute atomic E-state index is 13.7. The Kier molecular flexibility index (Phi) is 7.07. The number of rotatable bonds is 6. The van der Waals surface area contributed by atoms with Crippen LogP contribution in [0, 0.1) is 10.1 Å². The highest BCUT2D eigenvalue weighted by molar-refractivity contribution is 7.07. The minimum Gasteiger partial charge on any atom is -0.459 e. The first-order chi connectivity index (χ1) is 18.6. The van der Waals surface area contributed by atoms with Crippen molar-refractivity contribution in [3.05, 3.63) is 118 Å². The summed E-state index contributed by atoms with van der Waals surface area (Å²) in [7, 11) is 0. The summed E-state index contributed by atoms with van der Waals surface area (Å²) < 4.78 is 13.2. The van der Waals surface area contributed by atoms with Gasteiger partial charge in [-0.3, -0.25) is 19.5 Å². The molecule has 1 unspecified atom stereocenters. The number of aromatic nitrogens is 1. The maximum atomic E-state index is 13.7. The summed E-state index contributed by atoms with van der Waals surface area (Å²) in [6.07, 6.45) is 1.24. The number of halogens is 1. The van der Waals surface area contributed by atoms with Gasteiger partial charge in [0.05, 0.1) is 32.9 Å². The molecule has 4 aromatic rings. The smallest absolute Gasteiger partial charge is 0.338 e. The average molecular weight is 564 g/mol. The Balaban J connectivity index is 1.61. The number of thiazole rings is 1. The van der Waals surface area contributed by atoms with Crippen LogP contribution in [0.2, 0.25) is 5.02 Å². The Hall–Kier alpha value is -4.28. The normalized spacial score (nSPS) is 15.3. The van der Waals surface area contributed by atoms with Crippen molar-refractivity contribution in [2.75, 3.05) is 0 Å². The molecule has 0 aliphatic carbocycles. The minimum atomic E-state index is -0.760. The third-order valence-electron chi connectivity index (χ3n) is 6.01. The summed E-state index contributed by atoms with van der Waals surface area (Å²) in [5, 5.41) is 11.7. The van der Waals surface area contributed by atoms with E-state index >= 15 is 0 Å². The number of hydrogen-bond acceptors (Lipinski definition) is 8. The average Bonchev–Trinajstić information content (AvgIpc) is 3.48. The Bertz CT molecular complexity index is 1810. The lowest BCUT2D eigenvalue weighted by Gasteiger charge is -2.25. The summed E-state index contributed by atoms with van der Waals surface area (Å²) in [5.74, 6) is 0.263. The van der Waals surface area contributed by atoms with E-state index in [1.807, 2.05) is 0 Å². The Morgan fingerprint density at radius 1 is 1.21 bits per heavy atom. The number of non-ortho nitro benzene ring substituents is 1. The van der Waals surface area contributed by atoms with E-state index in [2.05, 4.69) is 4.99 Å². The molecule has 0 bridgehead atoms. The fourth-order valence-corrected chi connectivity index (χ4v) is 5.46. The van der Waals surface area contributed by atoms with Gasteiger partial charge in [0.2, 0.25) is 0 Å². The van der Waals surface area contributed by atoms with Crippen LogP contribution in [0.1, 0.15) is 38.1 Å². The van der Waals surface area contributed by atoms with Crippen molar-refractivity contribution in [3.63, 3.8) is 0 Å². The van der Waals surface area contributed by atoms with Gasteiger partial charge in [-0.05, 0) is 50.6 Å². The second-order valence-corrected chi connectivity index (χ2v) is 10.5. The number of allylic oxidation sites excluding steroid dienone is 1. The van der Waals surface area contributed by atoms with Gasteiger partial charge in [0.25, 0.3) is 11.2 Å². The molecule has 1 aliphatic heterocycles. The highest BCUT2D eigenvalue weighted by Crippen LogP contribution is 2.32. The minimum absolute atomic E-state index is 0.0527. The highest BCUT2D eigenvalue weighted by atomic mass is 35.5. The van der Waals surface area contributed by atoms with E-state index in [4.69, 9.17) is 20.8 Å². The molecule has 0 saturated carbocycles. The van der Waals surface area contributed by atoms with E-state index in [9.17, 15) is 19.7 Å².